The molecular weight excluding hydrogens is 412 g/mol. The molecule has 0 bridgehead atoms. The number of anilines is 1. The van der Waals surface area contributed by atoms with Crippen molar-refractivity contribution in [1.82, 2.24) is 14.8 Å². The molecule has 31 heavy (non-hydrogen) atoms. The SMILES string of the molecule is Cc1cc(NC(=O)CCOc2ccc(Cl)cc2)n(-c2cc(C)c3cccc(C)c3n2)n1. The number of nitrogens with zero attached hydrogens (tertiary/aromatic N) is 3. The molecule has 0 atom stereocenters. The molecule has 4 rings (SSSR count). The third-order valence-electron chi connectivity index (χ3n) is 4.96. The number of hydrogen-bond acceptors (Lipinski definition) is 4. The number of nitrogens with one attached hydrogen (secondary N) is 1. The number of amides is 1. The number of halogens is 1. The first-order valence-corrected chi connectivity index (χ1v) is 10.4. The van der Waals surface area contributed by atoms with Crippen LogP contribution in [0.15, 0.2) is 54.6 Å². The van der Waals surface area contributed by atoms with E-state index in [1.807, 2.05) is 38.1 Å². The van der Waals surface area contributed by atoms with E-state index in [9.17, 15) is 4.79 Å². The second-order valence-electron chi connectivity index (χ2n) is 7.45. The second kappa shape index (κ2) is 8.78. The summed E-state index contributed by atoms with van der Waals surface area (Å²) >= 11 is 5.87. The summed E-state index contributed by atoms with van der Waals surface area (Å²) in [6, 6.07) is 17.0. The lowest BCUT2D eigenvalue weighted by Gasteiger charge is -2.12. The number of aryl methyl sites for hydroxylation is 3. The van der Waals surface area contributed by atoms with E-state index in [-0.39, 0.29) is 18.9 Å². The van der Waals surface area contributed by atoms with E-state index >= 15 is 0 Å². The van der Waals surface area contributed by atoms with Crippen LogP contribution in [0.2, 0.25) is 5.02 Å². The van der Waals surface area contributed by atoms with Crippen LogP contribution in [-0.4, -0.2) is 27.3 Å². The molecule has 0 unspecified atom stereocenters. The Morgan fingerprint density at radius 2 is 1.84 bits per heavy atom. The number of para-hydroxylation sites is 1. The topological polar surface area (TPSA) is 69.0 Å². The lowest BCUT2D eigenvalue weighted by atomic mass is 10.1. The maximum atomic E-state index is 12.5. The number of carbonyl (C=O) groups excluding carboxylic acids is 1. The van der Waals surface area contributed by atoms with Crippen LogP contribution in [0.4, 0.5) is 5.82 Å². The van der Waals surface area contributed by atoms with Crippen molar-refractivity contribution in [3.8, 4) is 11.6 Å². The number of carbonyl (C=O) groups is 1. The largest absolute Gasteiger partial charge is 0.493 e. The third-order valence-corrected chi connectivity index (χ3v) is 5.21. The molecule has 2 heterocycles. The molecule has 158 valence electrons. The summed E-state index contributed by atoms with van der Waals surface area (Å²) in [6.45, 7) is 6.23. The molecule has 2 aromatic heterocycles. The molecule has 7 heteroatoms. The molecule has 0 aliphatic heterocycles. The van der Waals surface area contributed by atoms with Gasteiger partial charge in [0.2, 0.25) is 5.91 Å². The molecule has 0 aliphatic carbocycles. The van der Waals surface area contributed by atoms with Crippen LogP contribution in [0.25, 0.3) is 16.7 Å². The van der Waals surface area contributed by atoms with Crippen molar-refractivity contribution >= 4 is 34.2 Å². The van der Waals surface area contributed by atoms with Crippen molar-refractivity contribution in [3.05, 3.63) is 76.4 Å². The molecule has 0 saturated carbocycles. The summed E-state index contributed by atoms with van der Waals surface area (Å²) in [5.41, 5.74) is 3.91. The predicted octanol–water partition coefficient (Wildman–Crippen LogP) is 5.41. The van der Waals surface area contributed by atoms with Crippen LogP contribution < -0.4 is 10.1 Å². The highest BCUT2D eigenvalue weighted by Gasteiger charge is 2.14. The fourth-order valence-corrected chi connectivity index (χ4v) is 3.54. The average Bonchev–Trinajstić information content (AvgIpc) is 3.10. The first-order chi connectivity index (χ1) is 14.9. The first-order valence-electron chi connectivity index (χ1n) is 10.0. The molecule has 0 saturated heterocycles. The monoisotopic (exact) mass is 434 g/mol. The summed E-state index contributed by atoms with van der Waals surface area (Å²) in [5.74, 6) is 1.75. The molecular formula is C24H23ClN4O2. The molecule has 6 nitrogen and oxygen atoms in total. The van der Waals surface area contributed by atoms with E-state index in [1.54, 1.807) is 28.9 Å². The lowest BCUT2D eigenvalue weighted by molar-refractivity contribution is -0.116. The highest BCUT2D eigenvalue weighted by Crippen LogP contribution is 2.24. The number of rotatable bonds is 6. The van der Waals surface area contributed by atoms with Gasteiger partial charge in [-0.25, -0.2) is 4.98 Å². The standard InChI is InChI=1S/C24H23ClN4O2/c1-15-5-4-6-20-16(2)13-21(27-24(15)20)29-22(14-17(3)28-29)26-23(30)11-12-31-19-9-7-18(25)8-10-19/h4-10,13-14H,11-12H2,1-3H3,(H,26,30). The number of fused-ring (bicyclic) bond motifs is 1. The smallest absolute Gasteiger partial charge is 0.228 e. The normalized spacial score (nSPS) is 11.0. The number of ether oxygens (including phenoxy) is 1. The van der Waals surface area contributed by atoms with Crippen LogP contribution >= 0.6 is 11.6 Å². The van der Waals surface area contributed by atoms with Gasteiger partial charge in [-0.3, -0.25) is 4.79 Å². The quantitative estimate of drug-likeness (QED) is 0.440. The minimum Gasteiger partial charge on any atom is -0.493 e. The van der Waals surface area contributed by atoms with Gasteiger partial charge in [0.25, 0.3) is 0 Å². The van der Waals surface area contributed by atoms with Gasteiger partial charge in [0.05, 0.1) is 24.2 Å². The zero-order valence-electron chi connectivity index (χ0n) is 17.6. The van der Waals surface area contributed by atoms with Gasteiger partial charge < -0.3 is 10.1 Å². The molecule has 2 aromatic carbocycles. The van der Waals surface area contributed by atoms with Gasteiger partial charge in [-0.2, -0.15) is 9.78 Å². The maximum Gasteiger partial charge on any atom is 0.228 e. The first kappa shape index (κ1) is 20.9. The Kier molecular flexibility index (Phi) is 5.91. The summed E-state index contributed by atoms with van der Waals surface area (Å²) in [6.07, 6.45) is 0.205. The van der Waals surface area contributed by atoms with Crippen molar-refractivity contribution in [2.24, 2.45) is 0 Å². The Hall–Kier alpha value is -3.38. The van der Waals surface area contributed by atoms with Gasteiger partial charge >= 0.3 is 0 Å². The maximum absolute atomic E-state index is 12.5. The van der Waals surface area contributed by atoms with Gasteiger partial charge in [-0.05, 0) is 62.2 Å². The van der Waals surface area contributed by atoms with Crippen LogP contribution in [-0.2, 0) is 4.79 Å². The van der Waals surface area contributed by atoms with E-state index in [0.717, 1.165) is 27.7 Å². The van der Waals surface area contributed by atoms with E-state index in [0.29, 0.717) is 22.4 Å². The van der Waals surface area contributed by atoms with Gasteiger partial charge in [0.15, 0.2) is 5.82 Å². The van der Waals surface area contributed by atoms with Crippen molar-refractivity contribution < 1.29 is 9.53 Å². The molecule has 0 aliphatic rings. The molecule has 1 N–H and O–H groups in total. The minimum atomic E-state index is -0.163. The molecule has 1 amide bonds. The van der Waals surface area contributed by atoms with Crippen molar-refractivity contribution in [1.29, 1.82) is 0 Å². The number of benzene rings is 2. The van der Waals surface area contributed by atoms with E-state index < -0.39 is 0 Å². The van der Waals surface area contributed by atoms with Crippen molar-refractivity contribution in [3.63, 3.8) is 0 Å². The Morgan fingerprint density at radius 1 is 1.06 bits per heavy atom. The van der Waals surface area contributed by atoms with E-state index in [2.05, 4.69) is 23.4 Å². The van der Waals surface area contributed by atoms with Crippen molar-refractivity contribution in [2.45, 2.75) is 27.2 Å². The number of hydrogen-bond donors (Lipinski definition) is 1. The van der Waals surface area contributed by atoms with Gasteiger partial charge in [-0.15, -0.1) is 0 Å². The average molecular weight is 435 g/mol. The lowest BCUT2D eigenvalue weighted by Crippen LogP contribution is -2.18. The van der Waals surface area contributed by atoms with Gasteiger partial charge in [-0.1, -0.05) is 29.8 Å². The van der Waals surface area contributed by atoms with Gasteiger partial charge in [0.1, 0.15) is 11.6 Å². The molecule has 0 radical (unpaired) electrons. The Balaban J connectivity index is 1.51. The van der Waals surface area contributed by atoms with Gasteiger partial charge in [0, 0.05) is 16.5 Å². The minimum absolute atomic E-state index is 0.163. The molecule has 0 spiro atoms. The Morgan fingerprint density at radius 3 is 2.61 bits per heavy atom. The highest BCUT2D eigenvalue weighted by atomic mass is 35.5. The van der Waals surface area contributed by atoms with Crippen LogP contribution in [0.1, 0.15) is 23.2 Å². The third kappa shape index (κ3) is 4.70. The fourth-order valence-electron chi connectivity index (χ4n) is 3.41. The Labute approximate surface area is 185 Å². The highest BCUT2D eigenvalue weighted by molar-refractivity contribution is 6.30. The number of aromatic nitrogens is 3. The Bertz CT molecular complexity index is 1250. The van der Waals surface area contributed by atoms with Crippen LogP contribution in [0.3, 0.4) is 0 Å². The summed E-state index contributed by atoms with van der Waals surface area (Å²) in [4.78, 5) is 17.3. The fraction of sp³-hybridized carbons (Fsp3) is 0.208. The van der Waals surface area contributed by atoms with E-state index in [4.69, 9.17) is 21.3 Å². The summed E-state index contributed by atoms with van der Waals surface area (Å²) in [7, 11) is 0. The summed E-state index contributed by atoms with van der Waals surface area (Å²) in [5, 5.41) is 9.22. The van der Waals surface area contributed by atoms with Crippen LogP contribution in [0.5, 0.6) is 5.75 Å². The van der Waals surface area contributed by atoms with Crippen LogP contribution in [0, 0.1) is 20.8 Å². The second-order valence-corrected chi connectivity index (χ2v) is 7.89. The predicted molar refractivity (Wildman–Crippen MR) is 123 cm³/mol. The van der Waals surface area contributed by atoms with E-state index in [1.165, 1.54) is 0 Å². The number of pyridine rings is 1. The molecule has 4 aromatic rings. The van der Waals surface area contributed by atoms with Crippen molar-refractivity contribution in [2.75, 3.05) is 11.9 Å². The zero-order valence-corrected chi connectivity index (χ0v) is 18.4. The zero-order chi connectivity index (χ0) is 22.0. The molecule has 0 fully saturated rings. The summed E-state index contributed by atoms with van der Waals surface area (Å²) < 4.78 is 7.29.